The van der Waals surface area contributed by atoms with Crippen molar-refractivity contribution in [2.24, 2.45) is 0 Å². The number of carboxylic acid groups (broad SMARTS) is 1. The minimum Gasteiger partial charge on any atom is -0.479 e. The summed E-state index contributed by atoms with van der Waals surface area (Å²) >= 11 is 11.8. The van der Waals surface area contributed by atoms with Gasteiger partial charge in [0.1, 0.15) is 0 Å². The van der Waals surface area contributed by atoms with E-state index in [-0.39, 0.29) is 6.54 Å². The minimum atomic E-state index is -1.64. The molecule has 0 spiro atoms. The van der Waals surface area contributed by atoms with Crippen molar-refractivity contribution in [2.75, 3.05) is 6.54 Å². The summed E-state index contributed by atoms with van der Waals surface area (Å²) in [6.45, 7) is 1.32. The molecule has 1 aromatic carbocycles. The van der Waals surface area contributed by atoms with Crippen molar-refractivity contribution < 1.29 is 19.8 Å². The third-order valence-corrected chi connectivity index (χ3v) is 3.08. The summed E-state index contributed by atoms with van der Waals surface area (Å²) < 4.78 is 0. The Kier molecular flexibility index (Phi) is 6.06. The van der Waals surface area contributed by atoms with Gasteiger partial charge in [-0.3, -0.25) is 0 Å². The number of benzene rings is 1. The molecule has 0 saturated carbocycles. The second-order valence-electron chi connectivity index (χ2n) is 4.10. The Balaban J connectivity index is 2.55. The Labute approximate surface area is 125 Å². The van der Waals surface area contributed by atoms with Gasteiger partial charge in [-0.2, -0.15) is 0 Å². The minimum absolute atomic E-state index is 0.387. The van der Waals surface area contributed by atoms with E-state index in [1.54, 1.807) is 25.1 Å². The van der Waals surface area contributed by atoms with Crippen molar-refractivity contribution in [3.8, 4) is 0 Å². The van der Waals surface area contributed by atoms with E-state index in [1.807, 2.05) is 0 Å². The first kappa shape index (κ1) is 16.6. The molecule has 0 radical (unpaired) electrons. The number of carbonyl (C=O) groups excluding carboxylic acids is 1. The third-order valence-electron chi connectivity index (χ3n) is 2.52. The molecule has 0 aliphatic rings. The molecule has 20 heavy (non-hydrogen) atoms. The van der Waals surface area contributed by atoms with Crippen LogP contribution < -0.4 is 10.6 Å². The standard InChI is InChI=1S/C12H14Cl2N2O4/c1-6(8-3-2-7(13)4-9(8)14)16-12(20)15-5-10(17)11(18)19/h2-4,6,10,17H,5H2,1H3,(H,18,19)(H2,15,16,20). The van der Waals surface area contributed by atoms with Crippen LogP contribution in [0, 0.1) is 0 Å². The number of rotatable bonds is 5. The average molecular weight is 321 g/mol. The maximum absolute atomic E-state index is 11.5. The Morgan fingerprint density at radius 1 is 1.35 bits per heavy atom. The maximum Gasteiger partial charge on any atom is 0.334 e. The van der Waals surface area contributed by atoms with Crippen molar-refractivity contribution in [2.45, 2.75) is 19.1 Å². The van der Waals surface area contributed by atoms with E-state index in [2.05, 4.69) is 10.6 Å². The number of nitrogens with one attached hydrogen (secondary N) is 2. The fourth-order valence-corrected chi connectivity index (χ4v) is 2.03. The third kappa shape index (κ3) is 4.88. The molecule has 0 aromatic heterocycles. The van der Waals surface area contributed by atoms with Crippen LogP contribution in [0.3, 0.4) is 0 Å². The van der Waals surface area contributed by atoms with Crippen molar-refractivity contribution in [3.05, 3.63) is 33.8 Å². The van der Waals surface area contributed by atoms with Crippen molar-refractivity contribution in [3.63, 3.8) is 0 Å². The predicted octanol–water partition coefficient (Wildman–Crippen LogP) is 1.80. The molecule has 4 N–H and O–H groups in total. The van der Waals surface area contributed by atoms with E-state index >= 15 is 0 Å². The van der Waals surface area contributed by atoms with Crippen molar-refractivity contribution in [1.82, 2.24) is 10.6 Å². The lowest BCUT2D eigenvalue weighted by molar-refractivity contribution is -0.146. The number of carbonyl (C=O) groups is 2. The number of hydrogen-bond donors (Lipinski definition) is 4. The number of urea groups is 1. The van der Waals surface area contributed by atoms with Crippen LogP contribution in [0.25, 0.3) is 0 Å². The highest BCUT2D eigenvalue weighted by Gasteiger charge is 2.16. The number of aliphatic carboxylic acids is 1. The van der Waals surface area contributed by atoms with Gasteiger partial charge in [-0.25, -0.2) is 9.59 Å². The molecular formula is C12H14Cl2N2O4. The summed E-state index contributed by atoms with van der Waals surface area (Å²) in [6, 6.07) is 3.88. The van der Waals surface area contributed by atoms with Gasteiger partial charge in [-0.1, -0.05) is 29.3 Å². The van der Waals surface area contributed by atoms with E-state index in [4.69, 9.17) is 33.4 Å². The van der Waals surface area contributed by atoms with Gasteiger partial charge in [0.25, 0.3) is 0 Å². The zero-order valence-electron chi connectivity index (χ0n) is 10.6. The monoisotopic (exact) mass is 320 g/mol. The van der Waals surface area contributed by atoms with Gasteiger partial charge in [-0.05, 0) is 24.6 Å². The molecule has 8 heteroatoms. The molecule has 0 fully saturated rings. The van der Waals surface area contributed by atoms with Gasteiger partial charge in [-0.15, -0.1) is 0 Å². The molecule has 0 bridgehead atoms. The smallest absolute Gasteiger partial charge is 0.334 e. The zero-order valence-corrected chi connectivity index (χ0v) is 12.1. The highest BCUT2D eigenvalue weighted by atomic mass is 35.5. The molecule has 0 aliphatic carbocycles. The first-order valence-corrected chi connectivity index (χ1v) is 6.47. The number of aliphatic hydroxyl groups excluding tert-OH is 1. The SMILES string of the molecule is CC(NC(=O)NCC(O)C(=O)O)c1ccc(Cl)cc1Cl. The van der Waals surface area contributed by atoms with Crippen LogP contribution in [0.2, 0.25) is 10.0 Å². The fourth-order valence-electron chi connectivity index (χ4n) is 1.45. The largest absolute Gasteiger partial charge is 0.479 e. The van der Waals surface area contributed by atoms with E-state index < -0.39 is 24.1 Å². The molecule has 1 rings (SSSR count). The van der Waals surface area contributed by atoms with Gasteiger partial charge in [0.05, 0.1) is 12.6 Å². The van der Waals surface area contributed by atoms with E-state index in [0.29, 0.717) is 15.6 Å². The van der Waals surface area contributed by atoms with E-state index in [1.165, 1.54) is 0 Å². The van der Waals surface area contributed by atoms with Gasteiger partial charge in [0, 0.05) is 10.0 Å². The molecule has 2 atom stereocenters. The zero-order chi connectivity index (χ0) is 15.3. The van der Waals surface area contributed by atoms with Crippen LogP contribution in [0.15, 0.2) is 18.2 Å². The summed E-state index contributed by atoms with van der Waals surface area (Å²) in [6.07, 6.45) is -1.64. The Morgan fingerprint density at radius 2 is 2.00 bits per heavy atom. The summed E-state index contributed by atoms with van der Waals surface area (Å²) in [7, 11) is 0. The number of hydrogen-bond acceptors (Lipinski definition) is 3. The summed E-state index contributed by atoms with van der Waals surface area (Å²) in [5.74, 6) is -1.40. The second-order valence-corrected chi connectivity index (χ2v) is 4.94. The Morgan fingerprint density at radius 3 is 2.55 bits per heavy atom. The summed E-state index contributed by atoms with van der Waals surface area (Å²) in [5, 5.41) is 23.2. The molecule has 0 heterocycles. The van der Waals surface area contributed by atoms with Crippen LogP contribution in [0.5, 0.6) is 0 Å². The molecule has 2 unspecified atom stereocenters. The lowest BCUT2D eigenvalue weighted by Crippen LogP contribution is -2.42. The van der Waals surface area contributed by atoms with Gasteiger partial charge >= 0.3 is 12.0 Å². The van der Waals surface area contributed by atoms with Crippen LogP contribution >= 0.6 is 23.2 Å². The second kappa shape index (κ2) is 7.33. The topological polar surface area (TPSA) is 98.7 Å². The van der Waals surface area contributed by atoms with Crippen molar-refractivity contribution in [1.29, 1.82) is 0 Å². The van der Waals surface area contributed by atoms with Crippen LogP contribution in [-0.4, -0.2) is 34.9 Å². The highest BCUT2D eigenvalue weighted by Crippen LogP contribution is 2.25. The molecule has 2 amide bonds. The molecule has 110 valence electrons. The number of carboxylic acids is 1. The molecule has 1 aromatic rings. The molecule has 0 aliphatic heterocycles. The lowest BCUT2D eigenvalue weighted by Gasteiger charge is -2.17. The molecule has 0 saturated heterocycles. The predicted molar refractivity (Wildman–Crippen MR) is 75.1 cm³/mol. The van der Waals surface area contributed by atoms with Crippen LogP contribution in [0.1, 0.15) is 18.5 Å². The van der Waals surface area contributed by atoms with E-state index in [9.17, 15) is 9.59 Å². The van der Waals surface area contributed by atoms with Gasteiger partial charge < -0.3 is 20.8 Å². The highest BCUT2D eigenvalue weighted by molar-refractivity contribution is 6.35. The summed E-state index contributed by atoms with van der Waals surface area (Å²) in [4.78, 5) is 21.9. The number of amides is 2. The van der Waals surface area contributed by atoms with Gasteiger partial charge in [0.2, 0.25) is 0 Å². The van der Waals surface area contributed by atoms with E-state index in [0.717, 1.165) is 0 Å². The Hall–Kier alpha value is -1.50. The quantitative estimate of drug-likeness (QED) is 0.664. The number of halogens is 2. The Bertz CT molecular complexity index is 510. The summed E-state index contributed by atoms with van der Waals surface area (Å²) in [5.41, 5.74) is 0.671. The normalized spacial score (nSPS) is 13.4. The molecule has 6 nitrogen and oxygen atoms in total. The fraction of sp³-hybridized carbons (Fsp3) is 0.333. The molecular weight excluding hydrogens is 307 g/mol. The van der Waals surface area contributed by atoms with Crippen molar-refractivity contribution >= 4 is 35.2 Å². The first-order valence-electron chi connectivity index (χ1n) is 5.71. The lowest BCUT2D eigenvalue weighted by atomic mass is 10.1. The first-order chi connectivity index (χ1) is 9.31. The van der Waals surface area contributed by atoms with Gasteiger partial charge in [0.15, 0.2) is 6.10 Å². The van der Waals surface area contributed by atoms with Crippen LogP contribution in [0.4, 0.5) is 4.79 Å². The number of aliphatic hydroxyl groups is 1. The average Bonchev–Trinajstić information content (AvgIpc) is 2.35. The van der Waals surface area contributed by atoms with Crippen LogP contribution in [-0.2, 0) is 4.79 Å². The maximum atomic E-state index is 11.5.